The van der Waals surface area contributed by atoms with Crippen LogP contribution in [0.15, 0.2) is 78.9 Å². The second kappa shape index (κ2) is 8.90. The molecule has 0 fully saturated rings. The summed E-state index contributed by atoms with van der Waals surface area (Å²) in [7, 11) is 0. The molecular formula is C27H25ClZr. The first-order valence-electron chi connectivity index (χ1n) is 10.0. The molecule has 2 heteroatoms. The molecule has 0 spiro atoms. The van der Waals surface area contributed by atoms with Crippen molar-refractivity contribution in [2.24, 2.45) is 0 Å². The molecule has 2 aliphatic rings. The van der Waals surface area contributed by atoms with Gasteiger partial charge in [0.1, 0.15) is 0 Å². The first-order chi connectivity index (χ1) is 14.1. The van der Waals surface area contributed by atoms with Gasteiger partial charge in [-0.25, -0.2) is 0 Å². The van der Waals surface area contributed by atoms with Gasteiger partial charge in [0.2, 0.25) is 0 Å². The van der Waals surface area contributed by atoms with E-state index >= 15 is 0 Å². The van der Waals surface area contributed by atoms with Crippen LogP contribution in [0, 0.1) is 13.8 Å². The van der Waals surface area contributed by atoms with Gasteiger partial charge >= 0.3 is 141 Å². The van der Waals surface area contributed by atoms with Crippen LogP contribution in [0.3, 0.4) is 0 Å². The SMILES string of the molecule is Clc1ccccc1.[CH2]=[Zr]([CH]1C=Cc2c(C)cccc21)[CH]1C=Cc2c(C)cccc21. The molecule has 2 aliphatic carbocycles. The summed E-state index contributed by atoms with van der Waals surface area (Å²) in [6, 6.07) is 22.9. The molecule has 0 N–H and O–H groups in total. The number of allylic oxidation sites excluding steroid dienone is 2. The Hall–Kier alpha value is -1.82. The predicted molar refractivity (Wildman–Crippen MR) is 124 cm³/mol. The maximum atomic E-state index is 5.54. The molecule has 3 aromatic carbocycles. The van der Waals surface area contributed by atoms with E-state index in [4.69, 9.17) is 15.8 Å². The molecule has 0 radical (unpaired) electrons. The first kappa shape index (κ1) is 20.5. The van der Waals surface area contributed by atoms with Gasteiger partial charge in [-0.1, -0.05) is 29.8 Å². The van der Waals surface area contributed by atoms with E-state index in [0.29, 0.717) is 7.25 Å². The van der Waals surface area contributed by atoms with Gasteiger partial charge in [-0.2, -0.15) is 0 Å². The Morgan fingerprint density at radius 1 is 0.690 bits per heavy atom. The van der Waals surface area contributed by atoms with Gasteiger partial charge in [-0.15, -0.1) is 0 Å². The Labute approximate surface area is 186 Å². The summed E-state index contributed by atoms with van der Waals surface area (Å²) in [6.07, 6.45) is 9.52. The van der Waals surface area contributed by atoms with Crippen molar-refractivity contribution in [3.8, 4) is 0 Å². The van der Waals surface area contributed by atoms with Crippen LogP contribution in [-0.2, 0) is 21.3 Å². The molecule has 29 heavy (non-hydrogen) atoms. The quantitative estimate of drug-likeness (QED) is 0.359. The van der Waals surface area contributed by atoms with Crippen molar-refractivity contribution in [2.75, 3.05) is 0 Å². The molecular weight excluding hydrogens is 451 g/mol. The predicted octanol–water partition coefficient (Wildman–Crippen LogP) is 7.53. The Kier molecular flexibility index (Phi) is 6.28. The average molecular weight is 476 g/mol. The second-order valence-electron chi connectivity index (χ2n) is 7.70. The molecule has 0 amide bonds. The molecule has 0 aromatic heterocycles. The van der Waals surface area contributed by atoms with Gasteiger partial charge in [0.05, 0.1) is 0 Å². The van der Waals surface area contributed by atoms with Crippen LogP contribution in [-0.4, -0.2) is 4.21 Å². The zero-order valence-corrected chi connectivity index (χ0v) is 20.1. The van der Waals surface area contributed by atoms with Gasteiger partial charge in [0.15, 0.2) is 0 Å². The van der Waals surface area contributed by atoms with Crippen molar-refractivity contribution in [3.63, 3.8) is 0 Å². The fraction of sp³-hybridized carbons (Fsp3) is 0.148. The van der Waals surface area contributed by atoms with Crippen LogP contribution in [0.25, 0.3) is 12.2 Å². The number of aryl methyl sites for hydroxylation is 2. The van der Waals surface area contributed by atoms with E-state index in [2.05, 4.69) is 74.5 Å². The van der Waals surface area contributed by atoms with E-state index in [1.54, 1.807) is 0 Å². The van der Waals surface area contributed by atoms with E-state index in [1.807, 2.05) is 30.3 Å². The molecule has 144 valence electrons. The van der Waals surface area contributed by atoms with Gasteiger partial charge in [0, 0.05) is 5.02 Å². The summed E-state index contributed by atoms with van der Waals surface area (Å²) in [5.41, 5.74) is 8.73. The average Bonchev–Trinajstić information content (AvgIpc) is 3.35. The molecule has 0 saturated heterocycles. The number of hydrogen-bond donors (Lipinski definition) is 0. The molecule has 0 aliphatic heterocycles. The minimum absolute atomic E-state index is 0.610. The van der Waals surface area contributed by atoms with Crippen molar-refractivity contribution in [2.45, 2.75) is 21.1 Å². The summed E-state index contributed by atoms with van der Waals surface area (Å²) in [5, 5.41) is 0.794. The third-order valence-electron chi connectivity index (χ3n) is 5.83. The summed E-state index contributed by atoms with van der Waals surface area (Å²) >= 11 is 3.64. The van der Waals surface area contributed by atoms with Gasteiger partial charge in [0.25, 0.3) is 0 Å². The Balaban J connectivity index is 0.000000249. The van der Waals surface area contributed by atoms with Gasteiger partial charge < -0.3 is 0 Å². The number of benzene rings is 3. The molecule has 0 saturated carbocycles. The monoisotopic (exact) mass is 474 g/mol. The molecule has 0 nitrogen and oxygen atoms in total. The van der Waals surface area contributed by atoms with E-state index in [9.17, 15) is 0 Å². The normalized spacial score (nSPS) is 18.0. The van der Waals surface area contributed by atoms with E-state index < -0.39 is 21.3 Å². The standard InChI is InChI=1S/2C10H9.C6H5Cl.CH2.Zr/c2*1-8-4-2-5-9-6-3-7-10(8)9;7-6-4-2-1-3-5-6;;/h2*2-7H,1H3;1-5H;1H2;. The molecule has 2 unspecified atom stereocenters. The van der Waals surface area contributed by atoms with Crippen molar-refractivity contribution in [3.05, 3.63) is 117 Å². The Morgan fingerprint density at radius 3 is 1.59 bits per heavy atom. The zero-order chi connectivity index (χ0) is 20.4. The van der Waals surface area contributed by atoms with E-state index in [1.165, 1.54) is 33.4 Å². The van der Waals surface area contributed by atoms with Crippen molar-refractivity contribution >= 4 is 28.0 Å². The van der Waals surface area contributed by atoms with Crippen LogP contribution in [0.5, 0.6) is 0 Å². The third-order valence-corrected chi connectivity index (χ3v) is 12.5. The van der Waals surface area contributed by atoms with E-state index in [0.717, 1.165) is 5.02 Å². The molecule has 0 heterocycles. The maximum absolute atomic E-state index is 5.54. The molecule has 5 rings (SSSR count). The first-order valence-corrected chi connectivity index (χ1v) is 15.0. The topological polar surface area (TPSA) is 0 Å². The van der Waals surface area contributed by atoms with Crippen molar-refractivity contribution in [1.29, 1.82) is 0 Å². The summed E-state index contributed by atoms with van der Waals surface area (Å²) in [5.74, 6) is 0. The molecule has 3 aromatic rings. The number of hydrogen-bond acceptors (Lipinski definition) is 0. The fourth-order valence-electron chi connectivity index (χ4n) is 4.25. The van der Waals surface area contributed by atoms with Crippen LogP contribution in [0.1, 0.15) is 40.6 Å². The van der Waals surface area contributed by atoms with Crippen LogP contribution in [0.2, 0.25) is 5.02 Å². The van der Waals surface area contributed by atoms with Crippen LogP contribution in [0.4, 0.5) is 0 Å². The molecule has 0 bridgehead atoms. The Morgan fingerprint density at radius 2 is 1.17 bits per heavy atom. The van der Waals surface area contributed by atoms with Gasteiger partial charge in [-0.3, -0.25) is 0 Å². The van der Waals surface area contributed by atoms with Crippen LogP contribution < -0.4 is 0 Å². The van der Waals surface area contributed by atoms with Gasteiger partial charge in [-0.05, 0) is 12.1 Å². The van der Waals surface area contributed by atoms with Crippen molar-refractivity contribution in [1.82, 2.24) is 0 Å². The third kappa shape index (κ3) is 4.23. The Bertz CT molecular complexity index is 1040. The van der Waals surface area contributed by atoms with E-state index in [-0.39, 0.29) is 0 Å². The summed E-state index contributed by atoms with van der Waals surface area (Å²) < 4.78 is 5.97. The second-order valence-corrected chi connectivity index (χ2v) is 14.0. The number of rotatable bonds is 2. The molecule has 2 atom stereocenters. The summed E-state index contributed by atoms with van der Waals surface area (Å²) in [4.78, 5) is 0. The zero-order valence-electron chi connectivity index (χ0n) is 16.9. The summed E-state index contributed by atoms with van der Waals surface area (Å²) in [6.45, 7) is 4.43. The van der Waals surface area contributed by atoms with Crippen molar-refractivity contribution < 1.29 is 21.3 Å². The minimum atomic E-state index is -1.90. The number of halogens is 1. The van der Waals surface area contributed by atoms with Crippen LogP contribution >= 0.6 is 11.6 Å². The fourth-order valence-corrected chi connectivity index (χ4v) is 10.2. The number of fused-ring (bicyclic) bond motifs is 2.